The molecule has 3 rings (SSSR count). The van der Waals surface area contributed by atoms with Crippen LogP contribution in [0, 0.1) is 0 Å². The Morgan fingerprint density at radius 1 is 0.829 bits per heavy atom. The number of ether oxygens (including phenoxy) is 4. The first-order chi connectivity index (χ1) is 16.7. The van der Waals surface area contributed by atoms with Crippen molar-refractivity contribution in [1.82, 2.24) is 0 Å². The lowest BCUT2D eigenvalue weighted by atomic mass is 10.1. The van der Waals surface area contributed by atoms with Gasteiger partial charge in [0.25, 0.3) is 10.0 Å². The molecule has 0 spiro atoms. The number of methoxy groups -OCH3 is 3. The third kappa shape index (κ3) is 5.72. The molecule has 0 aliphatic carbocycles. The average molecular weight is 500 g/mol. The van der Waals surface area contributed by atoms with Crippen LogP contribution >= 0.6 is 0 Å². The fourth-order valence-corrected chi connectivity index (χ4v) is 4.44. The zero-order chi connectivity index (χ0) is 25.6. The Morgan fingerprint density at radius 2 is 1.49 bits per heavy atom. The minimum atomic E-state index is -3.97. The number of hydrogen-bond acceptors (Lipinski definition) is 8. The van der Waals surface area contributed by atoms with E-state index in [4.69, 9.17) is 18.9 Å². The Kier molecular flexibility index (Phi) is 7.98. The van der Waals surface area contributed by atoms with Crippen LogP contribution in [0.2, 0.25) is 0 Å². The van der Waals surface area contributed by atoms with Gasteiger partial charge in [-0.15, -0.1) is 0 Å². The zero-order valence-corrected chi connectivity index (χ0v) is 20.5. The topological polar surface area (TPSA) is 108 Å². The molecule has 3 aromatic rings. The molecule has 0 aliphatic rings. The molecule has 0 unspecified atom stereocenters. The predicted molar refractivity (Wildman–Crippen MR) is 129 cm³/mol. The molecule has 0 bridgehead atoms. The number of esters is 1. The van der Waals surface area contributed by atoms with Crippen LogP contribution < -0.4 is 18.5 Å². The number of sulfonamides is 1. The van der Waals surface area contributed by atoms with Gasteiger partial charge in [0.15, 0.2) is 6.61 Å². The molecule has 35 heavy (non-hydrogen) atoms. The van der Waals surface area contributed by atoms with Gasteiger partial charge in [0.2, 0.25) is 5.78 Å². The van der Waals surface area contributed by atoms with Crippen molar-refractivity contribution in [2.75, 3.05) is 39.3 Å². The number of carbonyl (C=O) groups is 2. The summed E-state index contributed by atoms with van der Waals surface area (Å²) in [5, 5.41) is 0. The quantitative estimate of drug-likeness (QED) is 0.308. The van der Waals surface area contributed by atoms with Crippen molar-refractivity contribution in [3.8, 4) is 17.2 Å². The van der Waals surface area contributed by atoms with E-state index in [1.165, 1.54) is 58.7 Å². The SMILES string of the molecule is COc1ccc(N(C)S(=O)(=O)c2cccc(C(=O)OCC(=O)c3cc(OC)ccc3OC)c2)cc1. The summed E-state index contributed by atoms with van der Waals surface area (Å²) in [5.41, 5.74) is 0.591. The van der Waals surface area contributed by atoms with Gasteiger partial charge in [0.1, 0.15) is 17.2 Å². The molecule has 0 fully saturated rings. The number of carbonyl (C=O) groups excluding carboxylic acids is 2. The molecule has 0 heterocycles. The van der Waals surface area contributed by atoms with E-state index in [1.807, 2.05) is 0 Å². The summed E-state index contributed by atoms with van der Waals surface area (Å²) in [4.78, 5) is 25.1. The van der Waals surface area contributed by atoms with E-state index in [-0.39, 0.29) is 16.0 Å². The lowest BCUT2D eigenvalue weighted by Gasteiger charge is -2.20. The lowest BCUT2D eigenvalue weighted by molar-refractivity contribution is 0.0473. The van der Waals surface area contributed by atoms with Crippen molar-refractivity contribution in [3.05, 3.63) is 77.9 Å². The molecule has 0 N–H and O–H groups in total. The highest BCUT2D eigenvalue weighted by atomic mass is 32.2. The summed E-state index contributed by atoms with van der Waals surface area (Å²) in [6.45, 7) is -0.564. The Labute approximate surface area is 203 Å². The summed E-state index contributed by atoms with van der Waals surface area (Å²) < 4.78 is 47.9. The van der Waals surface area contributed by atoms with Crippen LogP contribution in [-0.4, -0.2) is 55.2 Å². The fourth-order valence-electron chi connectivity index (χ4n) is 3.20. The number of anilines is 1. The molecule has 0 saturated carbocycles. The number of rotatable bonds is 10. The van der Waals surface area contributed by atoms with E-state index in [9.17, 15) is 18.0 Å². The zero-order valence-electron chi connectivity index (χ0n) is 19.7. The molecule has 0 radical (unpaired) electrons. The molecule has 3 aromatic carbocycles. The van der Waals surface area contributed by atoms with Gasteiger partial charge >= 0.3 is 5.97 Å². The van der Waals surface area contributed by atoms with Crippen LogP contribution in [0.3, 0.4) is 0 Å². The second-order valence-electron chi connectivity index (χ2n) is 7.26. The molecule has 0 amide bonds. The van der Waals surface area contributed by atoms with Gasteiger partial charge in [-0.05, 0) is 60.7 Å². The van der Waals surface area contributed by atoms with E-state index in [0.717, 1.165) is 4.31 Å². The first-order valence-electron chi connectivity index (χ1n) is 10.4. The number of hydrogen-bond donors (Lipinski definition) is 0. The third-order valence-corrected chi connectivity index (χ3v) is 6.99. The molecule has 0 aliphatic heterocycles. The van der Waals surface area contributed by atoms with Crippen molar-refractivity contribution in [1.29, 1.82) is 0 Å². The van der Waals surface area contributed by atoms with E-state index in [0.29, 0.717) is 22.9 Å². The van der Waals surface area contributed by atoms with Crippen LogP contribution in [-0.2, 0) is 14.8 Å². The fraction of sp³-hybridized carbons (Fsp3) is 0.200. The molecule has 184 valence electrons. The highest BCUT2D eigenvalue weighted by molar-refractivity contribution is 7.92. The van der Waals surface area contributed by atoms with Crippen molar-refractivity contribution in [2.45, 2.75) is 4.90 Å². The first kappa shape index (κ1) is 25.6. The van der Waals surface area contributed by atoms with Crippen LogP contribution in [0.4, 0.5) is 5.69 Å². The molecular weight excluding hydrogens is 474 g/mol. The van der Waals surface area contributed by atoms with Crippen LogP contribution in [0.5, 0.6) is 17.2 Å². The minimum Gasteiger partial charge on any atom is -0.497 e. The van der Waals surface area contributed by atoms with Gasteiger partial charge in [0.05, 0.1) is 43.0 Å². The molecule has 10 heteroatoms. The van der Waals surface area contributed by atoms with E-state index in [2.05, 4.69) is 0 Å². The van der Waals surface area contributed by atoms with E-state index < -0.39 is 28.4 Å². The van der Waals surface area contributed by atoms with Gasteiger partial charge in [-0.2, -0.15) is 0 Å². The second-order valence-corrected chi connectivity index (χ2v) is 9.23. The van der Waals surface area contributed by atoms with Gasteiger partial charge < -0.3 is 18.9 Å². The van der Waals surface area contributed by atoms with Gasteiger partial charge in [0, 0.05) is 7.05 Å². The maximum atomic E-state index is 13.1. The summed E-state index contributed by atoms with van der Waals surface area (Å²) >= 11 is 0. The average Bonchev–Trinajstić information content (AvgIpc) is 2.90. The standard InChI is InChI=1S/C25H25NO8S/c1-26(18-8-10-19(31-2)11-9-18)35(29,30)21-7-5-6-17(14-21)25(28)34-16-23(27)22-15-20(32-3)12-13-24(22)33-4/h5-15H,16H2,1-4H3. The normalized spacial score (nSPS) is 10.9. The van der Waals surface area contributed by atoms with Gasteiger partial charge in [-0.25, -0.2) is 13.2 Å². The molecule has 0 aromatic heterocycles. The second kappa shape index (κ2) is 10.9. The Balaban J connectivity index is 1.75. The van der Waals surface area contributed by atoms with Gasteiger partial charge in [-0.3, -0.25) is 9.10 Å². The monoisotopic (exact) mass is 499 g/mol. The molecular formula is C25H25NO8S. The summed E-state index contributed by atoms with van der Waals surface area (Å²) in [7, 11) is 1.83. The van der Waals surface area contributed by atoms with Crippen molar-refractivity contribution >= 4 is 27.5 Å². The van der Waals surface area contributed by atoms with Crippen molar-refractivity contribution in [2.24, 2.45) is 0 Å². The highest BCUT2D eigenvalue weighted by Gasteiger charge is 2.23. The maximum absolute atomic E-state index is 13.1. The minimum absolute atomic E-state index is 0.0142. The third-order valence-electron chi connectivity index (χ3n) is 5.21. The highest BCUT2D eigenvalue weighted by Crippen LogP contribution is 2.26. The Morgan fingerprint density at radius 3 is 2.11 bits per heavy atom. The molecule has 0 atom stereocenters. The molecule has 9 nitrogen and oxygen atoms in total. The summed E-state index contributed by atoms with van der Waals surface area (Å²) in [6, 6.07) is 16.6. The van der Waals surface area contributed by atoms with Gasteiger partial charge in [-0.1, -0.05) is 6.07 Å². The van der Waals surface area contributed by atoms with Crippen LogP contribution in [0.1, 0.15) is 20.7 Å². The Hall–Kier alpha value is -4.05. The number of nitrogens with zero attached hydrogens (tertiary/aromatic N) is 1. The van der Waals surface area contributed by atoms with E-state index >= 15 is 0 Å². The number of Topliss-reactive ketones (excluding diaryl/α,β-unsaturated/α-hetero) is 1. The first-order valence-corrected chi connectivity index (χ1v) is 11.8. The lowest BCUT2D eigenvalue weighted by Crippen LogP contribution is -2.26. The largest absolute Gasteiger partial charge is 0.497 e. The van der Waals surface area contributed by atoms with Crippen molar-refractivity contribution in [3.63, 3.8) is 0 Å². The van der Waals surface area contributed by atoms with E-state index in [1.54, 1.807) is 36.4 Å². The summed E-state index contributed by atoms with van der Waals surface area (Å²) in [6.07, 6.45) is 0. The van der Waals surface area contributed by atoms with Crippen LogP contribution in [0.15, 0.2) is 71.6 Å². The predicted octanol–water partition coefficient (Wildman–Crippen LogP) is 3.58. The van der Waals surface area contributed by atoms with Crippen molar-refractivity contribution < 1.29 is 37.0 Å². The maximum Gasteiger partial charge on any atom is 0.338 e. The Bertz CT molecular complexity index is 1320. The summed E-state index contributed by atoms with van der Waals surface area (Å²) in [5.74, 6) is -0.00671. The molecule has 0 saturated heterocycles. The smallest absolute Gasteiger partial charge is 0.338 e. The number of benzene rings is 3. The number of ketones is 1. The van der Waals surface area contributed by atoms with Crippen LogP contribution in [0.25, 0.3) is 0 Å².